The molecule has 0 bridgehead atoms. The molecule has 126 valence electrons. The number of nitrogens with one attached hydrogen (secondary N) is 1. The van der Waals surface area contributed by atoms with Gasteiger partial charge in [-0.25, -0.2) is 4.98 Å². The maximum atomic E-state index is 12.4. The number of nitrogens with zero attached hydrogens (tertiary/aromatic N) is 2. The van der Waals surface area contributed by atoms with E-state index in [1.54, 1.807) is 13.3 Å². The average Bonchev–Trinajstić information content (AvgIpc) is 2.63. The fourth-order valence-electron chi connectivity index (χ4n) is 3.14. The monoisotopic (exact) mass is 325 g/mol. The number of ether oxygens (including phenoxy) is 1. The van der Waals surface area contributed by atoms with E-state index in [1.165, 1.54) is 0 Å². The molecule has 1 amide bonds. The second-order valence-corrected chi connectivity index (χ2v) is 6.03. The van der Waals surface area contributed by atoms with Crippen molar-refractivity contribution in [3.8, 4) is 5.75 Å². The lowest BCUT2D eigenvalue weighted by Gasteiger charge is -2.34. The summed E-state index contributed by atoms with van der Waals surface area (Å²) in [5, 5.41) is 3.15. The number of pyridine rings is 1. The van der Waals surface area contributed by atoms with Crippen molar-refractivity contribution < 1.29 is 9.53 Å². The molecule has 0 spiro atoms. The van der Waals surface area contributed by atoms with E-state index in [2.05, 4.69) is 15.2 Å². The summed E-state index contributed by atoms with van der Waals surface area (Å²) in [5.74, 6) is 1.76. The van der Waals surface area contributed by atoms with Gasteiger partial charge in [-0.3, -0.25) is 4.79 Å². The van der Waals surface area contributed by atoms with E-state index in [1.807, 2.05) is 42.5 Å². The van der Waals surface area contributed by atoms with Crippen LogP contribution in [0.5, 0.6) is 5.75 Å². The van der Waals surface area contributed by atoms with E-state index in [0.29, 0.717) is 6.42 Å². The number of para-hydroxylation sites is 1. The third-order valence-electron chi connectivity index (χ3n) is 4.30. The molecule has 0 unspecified atom stereocenters. The summed E-state index contributed by atoms with van der Waals surface area (Å²) in [4.78, 5) is 19.0. The molecule has 5 nitrogen and oxygen atoms in total. The summed E-state index contributed by atoms with van der Waals surface area (Å²) in [6.07, 6.45) is 4.19. The van der Waals surface area contributed by atoms with Crippen molar-refractivity contribution in [2.24, 2.45) is 0 Å². The minimum atomic E-state index is 0.0346. The molecule has 1 aliphatic rings. The van der Waals surface area contributed by atoms with Crippen molar-refractivity contribution in [2.45, 2.75) is 25.3 Å². The SMILES string of the molecule is COc1ccccc1CC(=O)N[C@@H]1CCCN(c2ccccn2)C1. The molecular weight excluding hydrogens is 302 g/mol. The normalized spacial score (nSPS) is 17.4. The highest BCUT2D eigenvalue weighted by Crippen LogP contribution is 2.19. The van der Waals surface area contributed by atoms with E-state index in [-0.39, 0.29) is 11.9 Å². The van der Waals surface area contributed by atoms with Crippen molar-refractivity contribution in [1.82, 2.24) is 10.3 Å². The van der Waals surface area contributed by atoms with Gasteiger partial charge in [-0.2, -0.15) is 0 Å². The fourth-order valence-corrected chi connectivity index (χ4v) is 3.14. The Morgan fingerprint density at radius 1 is 1.29 bits per heavy atom. The molecular formula is C19H23N3O2. The van der Waals surface area contributed by atoms with Gasteiger partial charge in [0.05, 0.1) is 13.5 Å². The molecule has 1 atom stereocenters. The molecule has 0 aliphatic carbocycles. The van der Waals surface area contributed by atoms with Crippen LogP contribution in [0.15, 0.2) is 48.7 Å². The number of hydrogen-bond donors (Lipinski definition) is 1. The van der Waals surface area contributed by atoms with Crippen LogP contribution in [-0.2, 0) is 11.2 Å². The zero-order valence-corrected chi connectivity index (χ0v) is 13.9. The Morgan fingerprint density at radius 3 is 2.92 bits per heavy atom. The second-order valence-electron chi connectivity index (χ2n) is 6.03. The Hall–Kier alpha value is -2.56. The van der Waals surface area contributed by atoms with Crippen LogP contribution >= 0.6 is 0 Å². The van der Waals surface area contributed by atoms with E-state index >= 15 is 0 Å². The van der Waals surface area contributed by atoms with Gasteiger partial charge in [-0.05, 0) is 31.0 Å². The highest BCUT2D eigenvalue weighted by Gasteiger charge is 2.22. The number of aromatic nitrogens is 1. The van der Waals surface area contributed by atoms with Crippen LogP contribution in [-0.4, -0.2) is 37.1 Å². The number of carbonyl (C=O) groups is 1. The molecule has 1 saturated heterocycles. The average molecular weight is 325 g/mol. The topological polar surface area (TPSA) is 54.5 Å². The van der Waals surface area contributed by atoms with Gasteiger partial charge in [0.25, 0.3) is 0 Å². The van der Waals surface area contributed by atoms with Crippen LogP contribution in [0.3, 0.4) is 0 Å². The zero-order valence-electron chi connectivity index (χ0n) is 13.9. The lowest BCUT2D eigenvalue weighted by atomic mass is 10.0. The second kappa shape index (κ2) is 7.81. The van der Waals surface area contributed by atoms with E-state index in [0.717, 1.165) is 43.1 Å². The van der Waals surface area contributed by atoms with Gasteiger partial charge >= 0.3 is 0 Å². The first-order valence-electron chi connectivity index (χ1n) is 8.33. The maximum absolute atomic E-state index is 12.4. The number of rotatable bonds is 5. The Balaban J connectivity index is 1.58. The fraction of sp³-hybridized carbons (Fsp3) is 0.368. The maximum Gasteiger partial charge on any atom is 0.224 e. The Bertz CT molecular complexity index is 675. The molecule has 1 N–H and O–H groups in total. The molecule has 1 aromatic carbocycles. The molecule has 24 heavy (non-hydrogen) atoms. The number of hydrogen-bond acceptors (Lipinski definition) is 4. The number of anilines is 1. The summed E-state index contributed by atoms with van der Waals surface area (Å²) in [5.41, 5.74) is 0.912. The van der Waals surface area contributed by atoms with E-state index < -0.39 is 0 Å². The Labute approximate surface area is 142 Å². The highest BCUT2D eigenvalue weighted by molar-refractivity contribution is 5.79. The largest absolute Gasteiger partial charge is 0.496 e. The highest BCUT2D eigenvalue weighted by atomic mass is 16.5. The predicted molar refractivity (Wildman–Crippen MR) is 94.3 cm³/mol. The molecule has 2 heterocycles. The summed E-state index contributed by atoms with van der Waals surface area (Å²) in [7, 11) is 1.63. The van der Waals surface area contributed by atoms with Gasteiger partial charge in [0.15, 0.2) is 0 Å². The van der Waals surface area contributed by atoms with Crippen molar-refractivity contribution >= 4 is 11.7 Å². The number of methoxy groups -OCH3 is 1. The molecule has 1 fully saturated rings. The Morgan fingerprint density at radius 2 is 2.12 bits per heavy atom. The van der Waals surface area contributed by atoms with Crippen LogP contribution < -0.4 is 15.0 Å². The predicted octanol–water partition coefficient (Wildman–Crippen LogP) is 2.42. The van der Waals surface area contributed by atoms with Gasteiger partial charge in [0, 0.05) is 30.9 Å². The molecule has 1 aliphatic heterocycles. The summed E-state index contributed by atoms with van der Waals surface area (Å²) < 4.78 is 5.31. The minimum Gasteiger partial charge on any atom is -0.496 e. The van der Waals surface area contributed by atoms with Crippen LogP contribution in [0.2, 0.25) is 0 Å². The van der Waals surface area contributed by atoms with Crippen LogP contribution in [0.1, 0.15) is 18.4 Å². The molecule has 1 aromatic heterocycles. The summed E-state index contributed by atoms with van der Waals surface area (Å²) in [6, 6.07) is 13.7. The van der Waals surface area contributed by atoms with Gasteiger partial charge in [0.1, 0.15) is 11.6 Å². The summed E-state index contributed by atoms with van der Waals surface area (Å²) >= 11 is 0. The first-order chi connectivity index (χ1) is 11.8. The molecule has 0 radical (unpaired) electrons. The third kappa shape index (κ3) is 4.04. The lowest BCUT2D eigenvalue weighted by Crippen LogP contribution is -2.48. The molecule has 2 aromatic rings. The number of amides is 1. The first-order valence-corrected chi connectivity index (χ1v) is 8.33. The smallest absolute Gasteiger partial charge is 0.224 e. The van der Waals surface area contributed by atoms with Gasteiger partial charge in [-0.15, -0.1) is 0 Å². The number of piperidine rings is 1. The summed E-state index contributed by atoms with van der Waals surface area (Å²) in [6.45, 7) is 1.78. The zero-order chi connectivity index (χ0) is 16.8. The quantitative estimate of drug-likeness (QED) is 0.917. The van der Waals surface area contributed by atoms with Crippen LogP contribution in [0, 0.1) is 0 Å². The van der Waals surface area contributed by atoms with Gasteiger partial charge < -0.3 is 15.0 Å². The van der Waals surface area contributed by atoms with Gasteiger partial charge in [0.2, 0.25) is 5.91 Å². The van der Waals surface area contributed by atoms with Crippen LogP contribution in [0.25, 0.3) is 0 Å². The molecule has 0 saturated carbocycles. The molecule has 3 rings (SSSR count). The third-order valence-corrected chi connectivity index (χ3v) is 4.30. The number of carbonyl (C=O) groups excluding carboxylic acids is 1. The van der Waals surface area contributed by atoms with E-state index in [9.17, 15) is 4.79 Å². The number of benzene rings is 1. The lowest BCUT2D eigenvalue weighted by molar-refractivity contribution is -0.121. The first kappa shape index (κ1) is 16.3. The Kier molecular flexibility index (Phi) is 5.31. The van der Waals surface area contributed by atoms with E-state index in [4.69, 9.17) is 4.74 Å². The van der Waals surface area contributed by atoms with Crippen LogP contribution in [0.4, 0.5) is 5.82 Å². The van der Waals surface area contributed by atoms with Gasteiger partial charge in [-0.1, -0.05) is 24.3 Å². The van der Waals surface area contributed by atoms with Crippen molar-refractivity contribution in [2.75, 3.05) is 25.1 Å². The van der Waals surface area contributed by atoms with Crippen molar-refractivity contribution in [3.05, 3.63) is 54.2 Å². The standard InChI is InChI=1S/C19H23N3O2/c1-24-17-9-3-2-7-15(17)13-19(23)21-16-8-6-12-22(14-16)18-10-4-5-11-20-18/h2-5,7,9-11,16H,6,8,12-14H2,1H3,(H,21,23)/t16-/m1/s1. The van der Waals surface area contributed by atoms with Crippen molar-refractivity contribution in [1.29, 1.82) is 0 Å². The molecule has 5 heteroatoms. The minimum absolute atomic E-state index is 0.0346. The van der Waals surface area contributed by atoms with Crippen molar-refractivity contribution in [3.63, 3.8) is 0 Å².